The summed E-state index contributed by atoms with van der Waals surface area (Å²) < 4.78 is 0. The van der Waals surface area contributed by atoms with E-state index in [1.54, 1.807) is 4.90 Å². The molecule has 74 valence electrons. The lowest BCUT2D eigenvalue weighted by atomic mass is 10.1. The summed E-state index contributed by atoms with van der Waals surface area (Å²) in [4.78, 5) is 14.7. The number of nitrogens with zero attached hydrogens (tertiary/aromatic N) is 1. The molecule has 0 N–H and O–H groups in total. The van der Waals surface area contributed by atoms with Gasteiger partial charge in [0, 0.05) is 16.0 Å². The van der Waals surface area contributed by atoms with E-state index in [0.29, 0.717) is 0 Å². The average molecular weight is 215 g/mol. The molecule has 1 aromatic rings. The van der Waals surface area contributed by atoms with Crippen molar-refractivity contribution in [2.24, 2.45) is 0 Å². The van der Waals surface area contributed by atoms with Crippen LogP contribution in [-0.4, -0.2) is 21.7 Å². The molecular weight excluding hydrogens is 206 g/mol. The monoisotopic (exact) mass is 215 g/mol. The van der Waals surface area contributed by atoms with Crippen molar-refractivity contribution in [1.82, 2.24) is 4.90 Å². The Morgan fingerprint density at radius 2 is 1.93 bits per heavy atom. The zero-order chi connectivity index (χ0) is 10.6. The Kier molecular flexibility index (Phi) is 1.62. The van der Waals surface area contributed by atoms with E-state index in [1.165, 1.54) is 0 Å². The number of rotatable bonds is 0. The predicted molar refractivity (Wildman–Crippen MR) is 62.6 cm³/mol. The van der Waals surface area contributed by atoms with Gasteiger partial charge in [-0.1, -0.05) is 30.4 Å². The molecule has 3 rings (SSSR count). The number of amides is 1. The normalized spacial score (nSPS) is 22.9. The zero-order valence-corrected chi connectivity index (χ0v) is 9.04. The van der Waals surface area contributed by atoms with Crippen LogP contribution in [-0.2, 0) is 0 Å². The van der Waals surface area contributed by atoms with Gasteiger partial charge in [-0.05, 0) is 19.1 Å². The van der Waals surface area contributed by atoms with E-state index in [0.717, 1.165) is 21.7 Å². The van der Waals surface area contributed by atoms with E-state index in [1.807, 2.05) is 37.3 Å². The third-order valence-corrected chi connectivity index (χ3v) is 3.45. The van der Waals surface area contributed by atoms with Crippen LogP contribution in [0.2, 0.25) is 0 Å². The molecule has 15 heavy (non-hydrogen) atoms. The van der Waals surface area contributed by atoms with E-state index in [-0.39, 0.29) is 11.9 Å². The molecule has 0 spiro atoms. The lowest BCUT2D eigenvalue weighted by Crippen LogP contribution is -2.32. The highest BCUT2D eigenvalue weighted by atomic mass is 32.1. The van der Waals surface area contributed by atoms with Crippen LogP contribution in [0.15, 0.2) is 30.3 Å². The van der Waals surface area contributed by atoms with Gasteiger partial charge in [-0.2, -0.15) is 0 Å². The molecule has 2 aliphatic rings. The molecular formula is C12H9NOS. The van der Waals surface area contributed by atoms with E-state index in [4.69, 9.17) is 12.2 Å². The molecule has 1 aromatic carbocycles. The Morgan fingerprint density at radius 1 is 1.27 bits per heavy atom. The summed E-state index contributed by atoms with van der Waals surface area (Å²) in [5.74, 6) is 0.0733. The Hall–Kier alpha value is -1.48. The molecule has 0 radical (unpaired) electrons. The van der Waals surface area contributed by atoms with Gasteiger partial charge in [0.25, 0.3) is 5.91 Å². The fraction of sp³-hybridized carbons (Fsp3) is 0.167. The first-order valence-corrected chi connectivity index (χ1v) is 5.29. The van der Waals surface area contributed by atoms with Crippen LogP contribution < -0.4 is 0 Å². The molecule has 2 aliphatic heterocycles. The second-order valence-corrected chi connectivity index (χ2v) is 4.30. The fourth-order valence-electron chi connectivity index (χ4n) is 2.18. The van der Waals surface area contributed by atoms with Crippen molar-refractivity contribution in [2.75, 3.05) is 0 Å². The van der Waals surface area contributed by atoms with Crippen LogP contribution in [0.3, 0.4) is 0 Å². The number of hydrogen-bond donors (Lipinski definition) is 0. The molecule has 1 amide bonds. The summed E-state index contributed by atoms with van der Waals surface area (Å²) in [7, 11) is 0. The van der Waals surface area contributed by atoms with E-state index >= 15 is 0 Å². The van der Waals surface area contributed by atoms with Gasteiger partial charge in [0.1, 0.15) is 0 Å². The molecule has 2 nitrogen and oxygen atoms in total. The van der Waals surface area contributed by atoms with E-state index in [9.17, 15) is 4.79 Å². The third-order valence-electron chi connectivity index (χ3n) is 2.99. The van der Waals surface area contributed by atoms with Crippen LogP contribution in [0.25, 0.3) is 5.70 Å². The van der Waals surface area contributed by atoms with Crippen LogP contribution >= 0.6 is 12.2 Å². The van der Waals surface area contributed by atoms with Crippen molar-refractivity contribution in [1.29, 1.82) is 0 Å². The zero-order valence-electron chi connectivity index (χ0n) is 8.23. The van der Waals surface area contributed by atoms with Gasteiger partial charge in [0.15, 0.2) is 0 Å². The first kappa shape index (κ1) is 8.80. The van der Waals surface area contributed by atoms with Crippen LogP contribution in [0, 0.1) is 0 Å². The van der Waals surface area contributed by atoms with Crippen molar-refractivity contribution in [3.63, 3.8) is 0 Å². The summed E-state index contributed by atoms with van der Waals surface area (Å²) >= 11 is 5.21. The molecule has 2 heterocycles. The lowest BCUT2D eigenvalue weighted by molar-refractivity contribution is 0.0843. The minimum atomic E-state index is 0.0231. The summed E-state index contributed by atoms with van der Waals surface area (Å²) in [6.07, 6.45) is 1.93. The van der Waals surface area contributed by atoms with E-state index < -0.39 is 0 Å². The fourth-order valence-corrected chi connectivity index (χ4v) is 2.39. The quantitative estimate of drug-likeness (QED) is 0.619. The highest BCUT2D eigenvalue weighted by Crippen LogP contribution is 2.38. The van der Waals surface area contributed by atoms with Gasteiger partial charge in [-0.3, -0.25) is 9.69 Å². The Bertz CT molecular complexity index is 518. The lowest BCUT2D eigenvalue weighted by Gasteiger charge is -2.18. The SMILES string of the molecule is CC1C(=S)C=C2c3ccccc3C(=O)N21. The minimum absolute atomic E-state index is 0.0231. The van der Waals surface area contributed by atoms with Crippen molar-refractivity contribution in [3.05, 3.63) is 41.5 Å². The molecule has 1 atom stereocenters. The maximum absolute atomic E-state index is 12.1. The summed E-state index contributed by atoms with van der Waals surface area (Å²) in [6.45, 7) is 1.97. The Labute approximate surface area is 93.2 Å². The minimum Gasteiger partial charge on any atom is -0.300 e. The number of benzene rings is 1. The Balaban J connectivity index is 2.26. The number of hydrogen-bond acceptors (Lipinski definition) is 2. The number of fused-ring (bicyclic) bond motifs is 3. The summed E-state index contributed by atoms with van der Waals surface area (Å²) in [5.41, 5.74) is 2.76. The largest absolute Gasteiger partial charge is 0.300 e. The summed E-state index contributed by atoms with van der Waals surface area (Å²) in [5, 5.41) is 0. The Morgan fingerprint density at radius 3 is 2.67 bits per heavy atom. The standard InChI is InChI=1S/C12H9NOS/c1-7-11(15)6-10-8-4-2-3-5-9(8)12(14)13(7)10/h2-7H,1H3. The van der Waals surface area contributed by atoms with Crippen LogP contribution in [0.1, 0.15) is 22.8 Å². The van der Waals surface area contributed by atoms with Gasteiger partial charge in [0.2, 0.25) is 0 Å². The second kappa shape index (κ2) is 2.76. The molecule has 0 fully saturated rings. The molecule has 1 unspecified atom stereocenters. The van der Waals surface area contributed by atoms with Crippen molar-refractivity contribution in [3.8, 4) is 0 Å². The molecule has 3 heteroatoms. The van der Waals surface area contributed by atoms with E-state index in [2.05, 4.69) is 0 Å². The maximum atomic E-state index is 12.1. The first-order chi connectivity index (χ1) is 7.20. The highest BCUT2D eigenvalue weighted by Gasteiger charge is 2.39. The van der Waals surface area contributed by atoms with Crippen LogP contribution in [0.5, 0.6) is 0 Å². The number of carbonyl (C=O) groups excluding carboxylic acids is 1. The van der Waals surface area contributed by atoms with Crippen molar-refractivity contribution in [2.45, 2.75) is 13.0 Å². The van der Waals surface area contributed by atoms with Gasteiger partial charge >= 0.3 is 0 Å². The average Bonchev–Trinajstić information content (AvgIpc) is 2.68. The first-order valence-electron chi connectivity index (χ1n) is 4.88. The van der Waals surface area contributed by atoms with Gasteiger partial charge in [-0.25, -0.2) is 0 Å². The molecule has 0 aliphatic carbocycles. The number of thiocarbonyl (C=S) groups is 1. The molecule has 0 saturated carbocycles. The maximum Gasteiger partial charge on any atom is 0.259 e. The molecule has 0 aromatic heterocycles. The smallest absolute Gasteiger partial charge is 0.259 e. The molecule has 0 bridgehead atoms. The number of carbonyl (C=O) groups is 1. The van der Waals surface area contributed by atoms with Crippen molar-refractivity contribution >= 4 is 28.7 Å². The predicted octanol–water partition coefficient (Wildman–Crippen LogP) is 2.26. The van der Waals surface area contributed by atoms with Crippen LogP contribution in [0.4, 0.5) is 0 Å². The second-order valence-electron chi connectivity index (χ2n) is 3.83. The van der Waals surface area contributed by atoms with Gasteiger partial charge in [0.05, 0.1) is 11.7 Å². The van der Waals surface area contributed by atoms with Gasteiger partial charge < -0.3 is 0 Å². The topological polar surface area (TPSA) is 20.3 Å². The molecule has 0 saturated heterocycles. The highest BCUT2D eigenvalue weighted by molar-refractivity contribution is 7.81. The summed E-state index contributed by atoms with van der Waals surface area (Å²) in [6, 6.07) is 7.70. The third kappa shape index (κ3) is 0.984. The van der Waals surface area contributed by atoms with Gasteiger partial charge in [-0.15, -0.1) is 0 Å². The van der Waals surface area contributed by atoms with Crippen molar-refractivity contribution < 1.29 is 4.79 Å².